The molecule has 1 aliphatic carbocycles. The smallest absolute Gasteiger partial charge is 0.0208 e. The van der Waals surface area contributed by atoms with E-state index >= 15 is 0 Å². The molecule has 18 heavy (non-hydrogen) atoms. The predicted octanol–water partition coefficient (Wildman–Crippen LogP) is 4.16. The Morgan fingerprint density at radius 1 is 1.22 bits per heavy atom. The summed E-state index contributed by atoms with van der Waals surface area (Å²) >= 11 is 0. The molecule has 0 saturated carbocycles. The number of allylic oxidation sites excluding steroid dienone is 1. The molecule has 1 nitrogen and oxygen atoms in total. The fourth-order valence-corrected chi connectivity index (χ4v) is 2.85. The summed E-state index contributed by atoms with van der Waals surface area (Å²) in [6.07, 6.45) is 8.72. The monoisotopic (exact) mass is 243 g/mol. The molecule has 98 valence electrons. The SMILES string of the molecule is CC(C)[C@H](NCc1ccccc1)[C@H]1C=CCCC1. The summed E-state index contributed by atoms with van der Waals surface area (Å²) in [5, 5.41) is 3.75. The summed E-state index contributed by atoms with van der Waals surface area (Å²) in [7, 11) is 0. The van der Waals surface area contributed by atoms with Gasteiger partial charge in [-0.2, -0.15) is 0 Å². The quantitative estimate of drug-likeness (QED) is 0.766. The lowest BCUT2D eigenvalue weighted by Crippen LogP contribution is -2.39. The second-order valence-electron chi connectivity index (χ2n) is 5.66. The third kappa shape index (κ3) is 3.71. The van der Waals surface area contributed by atoms with Gasteiger partial charge in [0.1, 0.15) is 0 Å². The van der Waals surface area contributed by atoms with Crippen LogP contribution < -0.4 is 5.32 Å². The average Bonchev–Trinajstić information content (AvgIpc) is 2.41. The van der Waals surface area contributed by atoms with Crippen LogP contribution in [0.15, 0.2) is 42.5 Å². The number of hydrogen-bond acceptors (Lipinski definition) is 1. The molecule has 1 heteroatoms. The second-order valence-corrected chi connectivity index (χ2v) is 5.66. The second kappa shape index (κ2) is 6.75. The highest BCUT2D eigenvalue weighted by atomic mass is 14.9. The fraction of sp³-hybridized carbons (Fsp3) is 0.529. The Bertz CT molecular complexity index is 366. The molecule has 0 unspecified atom stereocenters. The third-order valence-corrected chi connectivity index (χ3v) is 3.86. The number of benzene rings is 1. The van der Waals surface area contributed by atoms with Crippen LogP contribution in [0.3, 0.4) is 0 Å². The van der Waals surface area contributed by atoms with Gasteiger partial charge in [-0.05, 0) is 36.7 Å². The van der Waals surface area contributed by atoms with Gasteiger partial charge in [-0.1, -0.05) is 56.3 Å². The lowest BCUT2D eigenvalue weighted by Gasteiger charge is -2.31. The summed E-state index contributed by atoms with van der Waals surface area (Å²) < 4.78 is 0. The molecular formula is C17H25N. The molecule has 1 aromatic rings. The van der Waals surface area contributed by atoms with Crippen molar-refractivity contribution >= 4 is 0 Å². The Kier molecular flexibility index (Phi) is 5.00. The summed E-state index contributed by atoms with van der Waals surface area (Å²) in [5.41, 5.74) is 1.38. The molecule has 0 amide bonds. The third-order valence-electron chi connectivity index (χ3n) is 3.86. The molecule has 0 heterocycles. The van der Waals surface area contributed by atoms with Crippen molar-refractivity contribution in [2.45, 2.75) is 45.7 Å². The maximum Gasteiger partial charge on any atom is 0.0208 e. The van der Waals surface area contributed by atoms with E-state index in [9.17, 15) is 0 Å². The molecule has 0 radical (unpaired) electrons. The molecule has 0 aromatic heterocycles. The van der Waals surface area contributed by atoms with Gasteiger partial charge in [0.05, 0.1) is 0 Å². The van der Waals surface area contributed by atoms with Crippen LogP contribution in [-0.2, 0) is 6.54 Å². The van der Waals surface area contributed by atoms with E-state index < -0.39 is 0 Å². The lowest BCUT2D eigenvalue weighted by atomic mass is 9.83. The molecule has 1 aliphatic rings. The van der Waals surface area contributed by atoms with E-state index in [1.165, 1.54) is 24.8 Å². The van der Waals surface area contributed by atoms with Gasteiger partial charge in [-0.3, -0.25) is 0 Å². The van der Waals surface area contributed by atoms with Crippen LogP contribution in [0.1, 0.15) is 38.7 Å². The minimum atomic E-state index is 0.599. The van der Waals surface area contributed by atoms with Crippen molar-refractivity contribution in [1.29, 1.82) is 0 Å². The van der Waals surface area contributed by atoms with Gasteiger partial charge >= 0.3 is 0 Å². The van der Waals surface area contributed by atoms with Gasteiger partial charge in [0.15, 0.2) is 0 Å². The average molecular weight is 243 g/mol. The van der Waals surface area contributed by atoms with Gasteiger partial charge in [0.25, 0.3) is 0 Å². The topological polar surface area (TPSA) is 12.0 Å². The van der Waals surface area contributed by atoms with Gasteiger partial charge in [0.2, 0.25) is 0 Å². The van der Waals surface area contributed by atoms with Crippen LogP contribution in [0.5, 0.6) is 0 Å². The molecular weight excluding hydrogens is 218 g/mol. The summed E-state index contributed by atoms with van der Waals surface area (Å²) in [6, 6.07) is 11.3. The Morgan fingerprint density at radius 2 is 2.00 bits per heavy atom. The first-order valence-electron chi connectivity index (χ1n) is 7.21. The van der Waals surface area contributed by atoms with Crippen LogP contribution in [0.2, 0.25) is 0 Å². The van der Waals surface area contributed by atoms with Gasteiger partial charge < -0.3 is 5.32 Å². The van der Waals surface area contributed by atoms with E-state index in [1.807, 2.05) is 0 Å². The Morgan fingerprint density at radius 3 is 2.61 bits per heavy atom. The molecule has 0 bridgehead atoms. The molecule has 2 rings (SSSR count). The van der Waals surface area contributed by atoms with Crippen molar-refractivity contribution in [3.05, 3.63) is 48.0 Å². The van der Waals surface area contributed by atoms with Crippen molar-refractivity contribution in [1.82, 2.24) is 5.32 Å². The zero-order valence-electron chi connectivity index (χ0n) is 11.6. The minimum Gasteiger partial charge on any atom is -0.309 e. The summed E-state index contributed by atoms with van der Waals surface area (Å²) in [6.45, 7) is 5.63. The number of hydrogen-bond donors (Lipinski definition) is 1. The lowest BCUT2D eigenvalue weighted by molar-refractivity contribution is 0.299. The van der Waals surface area contributed by atoms with E-state index in [2.05, 4.69) is 61.6 Å². The molecule has 1 N–H and O–H groups in total. The zero-order chi connectivity index (χ0) is 12.8. The van der Waals surface area contributed by atoms with Crippen molar-refractivity contribution in [3.63, 3.8) is 0 Å². The largest absolute Gasteiger partial charge is 0.309 e. The van der Waals surface area contributed by atoms with Crippen molar-refractivity contribution in [2.75, 3.05) is 0 Å². The van der Waals surface area contributed by atoms with E-state index in [4.69, 9.17) is 0 Å². The molecule has 2 atom stereocenters. The van der Waals surface area contributed by atoms with Crippen LogP contribution in [-0.4, -0.2) is 6.04 Å². The molecule has 1 aromatic carbocycles. The first-order valence-corrected chi connectivity index (χ1v) is 7.21. The Labute approximate surface area is 111 Å². The van der Waals surface area contributed by atoms with Crippen molar-refractivity contribution < 1.29 is 0 Å². The molecule has 0 aliphatic heterocycles. The maximum absolute atomic E-state index is 3.75. The van der Waals surface area contributed by atoms with E-state index in [-0.39, 0.29) is 0 Å². The Hall–Kier alpha value is -1.08. The normalized spacial score (nSPS) is 21.2. The van der Waals surface area contributed by atoms with Crippen molar-refractivity contribution in [2.24, 2.45) is 11.8 Å². The highest BCUT2D eigenvalue weighted by molar-refractivity contribution is 5.14. The summed E-state index contributed by atoms with van der Waals surface area (Å²) in [4.78, 5) is 0. The Balaban J connectivity index is 1.94. The van der Waals surface area contributed by atoms with Crippen LogP contribution >= 0.6 is 0 Å². The number of nitrogens with one attached hydrogen (secondary N) is 1. The molecule has 0 saturated heterocycles. The van der Waals surface area contributed by atoms with E-state index in [0.717, 1.165) is 6.54 Å². The van der Waals surface area contributed by atoms with E-state index in [0.29, 0.717) is 17.9 Å². The maximum atomic E-state index is 3.75. The van der Waals surface area contributed by atoms with E-state index in [1.54, 1.807) is 0 Å². The van der Waals surface area contributed by atoms with Gasteiger partial charge in [-0.25, -0.2) is 0 Å². The standard InChI is InChI=1S/C17H25N/c1-14(2)17(16-11-7-4-8-12-16)18-13-15-9-5-3-6-10-15/h3,5-7,9-11,14,16-18H,4,8,12-13H2,1-2H3/t16-,17-/m0/s1. The van der Waals surface area contributed by atoms with Crippen LogP contribution in [0.4, 0.5) is 0 Å². The number of rotatable bonds is 5. The molecule has 0 spiro atoms. The zero-order valence-corrected chi connectivity index (χ0v) is 11.6. The molecule has 0 fully saturated rings. The van der Waals surface area contributed by atoms with Gasteiger partial charge in [-0.15, -0.1) is 0 Å². The van der Waals surface area contributed by atoms with Crippen molar-refractivity contribution in [3.8, 4) is 0 Å². The fourth-order valence-electron chi connectivity index (χ4n) is 2.85. The first-order chi connectivity index (χ1) is 8.77. The first kappa shape index (κ1) is 13.4. The minimum absolute atomic E-state index is 0.599. The highest BCUT2D eigenvalue weighted by Gasteiger charge is 2.22. The summed E-state index contributed by atoms with van der Waals surface area (Å²) in [5.74, 6) is 1.39. The predicted molar refractivity (Wildman–Crippen MR) is 78.4 cm³/mol. The van der Waals surface area contributed by atoms with Crippen LogP contribution in [0, 0.1) is 11.8 Å². The van der Waals surface area contributed by atoms with Gasteiger partial charge in [0, 0.05) is 12.6 Å². The van der Waals surface area contributed by atoms with Crippen LogP contribution in [0.25, 0.3) is 0 Å². The highest BCUT2D eigenvalue weighted by Crippen LogP contribution is 2.24.